The van der Waals surface area contributed by atoms with Gasteiger partial charge in [-0.3, -0.25) is 9.59 Å². The lowest BCUT2D eigenvalue weighted by molar-refractivity contribution is -0.125. The minimum Gasteiger partial charge on any atom is -0.381 e. The molecule has 0 fully saturated rings. The summed E-state index contributed by atoms with van der Waals surface area (Å²) in [5, 5.41) is 14.7. The number of hydrogen-bond acceptors (Lipinski definition) is 6. The van der Waals surface area contributed by atoms with E-state index in [0.29, 0.717) is 4.88 Å². The third kappa shape index (κ3) is 2.75. The van der Waals surface area contributed by atoms with Gasteiger partial charge < -0.3 is 16.2 Å². The topological polar surface area (TPSA) is 118 Å². The average Bonchev–Trinajstić information content (AvgIpc) is 2.66. The minimum absolute atomic E-state index is 0.216. The van der Waals surface area contributed by atoms with Gasteiger partial charge in [0.25, 0.3) is 5.91 Å². The summed E-state index contributed by atoms with van der Waals surface area (Å²) in [5.74, 6) is -1.33. The third-order valence-corrected chi connectivity index (χ3v) is 2.03. The predicted octanol–water partition coefficient (Wildman–Crippen LogP) is -1.89. The molecule has 1 unspecified atom stereocenters. The molecule has 1 aromatic heterocycles. The Labute approximate surface area is 83.1 Å². The summed E-state index contributed by atoms with van der Waals surface area (Å²) < 4.78 is 3.48. The molecule has 76 valence electrons. The van der Waals surface area contributed by atoms with Crippen molar-refractivity contribution in [1.29, 1.82) is 0 Å². The number of carbonyl (C=O) groups excluding carboxylic acids is 2. The van der Waals surface area contributed by atoms with Gasteiger partial charge in [-0.05, 0) is 11.5 Å². The van der Waals surface area contributed by atoms with Crippen LogP contribution in [0.1, 0.15) is 9.67 Å². The molecule has 0 radical (unpaired) electrons. The summed E-state index contributed by atoms with van der Waals surface area (Å²) in [6.07, 6.45) is -0.0868. The SMILES string of the molecule is NC(=O)C(O)CNC(=O)c1cnns1. The van der Waals surface area contributed by atoms with Gasteiger partial charge in [-0.1, -0.05) is 4.49 Å². The highest BCUT2D eigenvalue weighted by Gasteiger charge is 2.14. The van der Waals surface area contributed by atoms with Crippen LogP contribution >= 0.6 is 11.5 Å². The quantitative estimate of drug-likeness (QED) is 0.544. The second-order valence-electron chi connectivity index (χ2n) is 2.41. The molecule has 0 aliphatic rings. The zero-order valence-electron chi connectivity index (χ0n) is 7.01. The van der Waals surface area contributed by atoms with E-state index in [1.54, 1.807) is 0 Å². The summed E-state index contributed by atoms with van der Waals surface area (Å²) in [4.78, 5) is 21.9. The molecule has 8 heteroatoms. The van der Waals surface area contributed by atoms with E-state index in [-0.39, 0.29) is 6.54 Å². The van der Waals surface area contributed by atoms with E-state index < -0.39 is 17.9 Å². The smallest absolute Gasteiger partial charge is 0.264 e. The van der Waals surface area contributed by atoms with Crippen molar-refractivity contribution in [3.63, 3.8) is 0 Å². The minimum atomic E-state index is -1.38. The van der Waals surface area contributed by atoms with Crippen molar-refractivity contribution in [2.24, 2.45) is 5.73 Å². The Morgan fingerprint density at radius 2 is 2.43 bits per heavy atom. The van der Waals surface area contributed by atoms with Crippen LogP contribution in [0.25, 0.3) is 0 Å². The first-order chi connectivity index (χ1) is 6.61. The normalized spacial score (nSPS) is 12.1. The highest BCUT2D eigenvalue weighted by atomic mass is 32.1. The zero-order valence-corrected chi connectivity index (χ0v) is 7.82. The number of nitrogens with zero attached hydrogens (tertiary/aromatic N) is 2. The molecule has 0 bridgehead atoms. The van der Waals surface area contributed by atoms with Crippen molar-refractivity contribution in [3.8, 4) is 0 Å². The van der Waals surface area contributed by atoms with Gasteiger partial charge in [-0.15, -0.1) is 5.10 Å². The zero-order chi connectivity index (χ0) is 10.6. The fraction of sp³-hybridized carbons (Fsp3) is 0.333. The van der Waals surface area contributed by atoms with Crippen LogP contribution in [0.5, 0.6) is 0 Å². The van der Waals surface area contributed by atoms with E-state index in [9.17, 15) is 9.59 Å². The molecule has 1 aromatic rings. The van der Waals surface area contributed by atoms with Crippen LogP contribution in [0.2, 0.25) is 0 Å². The summed E-state index contributed by atoms with van der Waals surface area (Å²) in [5.41, 5.74) is 4.78. The number of nitrogens with one attached hydrogen (secondary N) is 1. The largest absolute Gasteiger partial charge is 0.381 e. The second-order valence-corrected chi connectivity index (χ2v) is 3.20. The molecule has 0 aliphatic carbocycles. The molecule has 2 amide bonds. The Hall–Kier alpha value is -1.54. The predicted molar refractivity (Wildman–Crippen MR) is 47.4 cm³/mol. The summed E-state index contributed by atoms with van der Waals surface area (Å²) >= 11 is 0.920. The molecule has 0 spiro atoms. The molecule has 14 heavy (non-hydrogen) atoms. The van der Waals surface area contributed by atoms with Gasteiger partial charge >= 0.3 is 0 Å². The molecule has 4 N–H and O–H groups in total. The Morgan fingerprint density at radius 1 is 1.71 bits per heavy atom. The standard InChI is InChI=1S/C6H8N4O3S/c7-5(12)3(11)1-8-6(13)4-2-9-10-14-4/h2-3,11H,1H2,(H2,7,12)(H,8,13). The van der Waals surface area contributed by atoms with Crippen LogP contribution < -0.4 is 11.1 Å². The van der Waals surface area contributed by atoms with Crippen molar-refractivity contribution in [1.82, 2.24) is 14.9 Å². The monoisotopic (exact) mass is 216 g/mol. The van der Waals surface area contributed by atoms with Crippen LogP contribution in [0.4, 0.5) is 0 Å². The van der Waals surface area contributed by atoms with Crippen molar-refractivity contribution in [3.05, 3.63) is 11.1 Å². The molecule has 7 nitrogen and oxygen atoms in total. The van der Waals surface area contributed by atoms with Crippen LogP contribution in [0, 0.1) is 0 Å². The maximum Gasteiger partial charge on any atom is 0.264 e. The van der Waals surface area contributed by atoms with Crippen LogP contribution in [-0.2, 0) is 4.79 Å². The van der Waals surface area contributed by atoms with Gasteiger partial charge in [0.2, 0.25) is 5.91 Å². The van der Waals surface area contributed by atoms with Crippen molar-refractivity contribution in [2.75, 3.05) is 6.54 Å². The first-order valence-corrected chi connectivity index (χ1v) is 4.41. The molecule has 1 heterocycles. The number of carbonyl (C=O) groups is 2. The van der Waals surface area contributed by atoms with E-state index in [4.69, 9.17) is 10.8 Å². The maximum atomic E-state index is 11.2. The lowest BCUT2D eigenvalue weighted by Gasteiger charge is -2.06. The molecular formula is C6H8N4O3S. The van der Waals surface area contributed by atoms with E-state index >= 15 is 0 Å². The molecule has 1 rings (SSSR count). The fourth-order valence-corrected chi connectivity index (χ4v) is 1.08. The molecular weight excluding hydrogens is 208 g/mol. The fourth-order valence-electron chi connectivity index (χ4n) is 0.644. The van der Waals surface area contributed by atoms with Crippen LogP contribution in [0.15, 0.2) is 6.20 Å². The molecule has 0 aromatic carbocycles. The highest BCUT2D eigenvalue weighted by molar-refractivity contribution is 7.07. The van der Waals surface area contributed by atoms with E-state index in [0.717, 1.165) is 11.5 Å². The van der Waals surface area contributed by atoms with Gasteiger partial charge in [-0.2, -0.15) is 0 Å². The van der Waals surface area contributed by atoms with E-state index in [1.807, 2.05) is 0 Å². The number of amides is 2. The number of aliphatic hydroxyl groups excluding tert-OH is 1. The summed E-state index contributed by atoms with van der Waals surface area (Å²) in [7, 11) is 0. The Balaban J connectivity index is 2.40. The van der Waals surface area contributed by atoms with Gasteiger partial charge in [0.05, 0.1) is 12.7 Å². The lowest BCUT2D eigenvalue weighted by atomic mass is 10.3. The van der Waals surface area contributed by atoms with Gasteiger partial charge in [-0.25, -0.2) is 0 Å². The van der Waals surface area contributed by atoms with Crippen LogP contribution in [0.3, 0.4) is 0 Å². The first-order valence-electron chi connectivity index (χ1n) is 3.64. The van der Waals surface area contributed by atoms with Crippen molar-refractivity contribution in [2.45, 2.75) is 6.10 Å². The van der Waals surface area contributed by atoms with Crippen molar-refractivity contribution < 1.29 is 14.7 Å². The molecule has 0 aliphatic heterocycles. The Bertz CT molecular complexity index is 326. The molecule has 1 atom stereocenters. The number of rotatable bonds is 4. The third-order valence-electron chi connectivity index (χ3n) is 1.37. The first kappa shape index (κ1) is 10.5. The maximum absolute atomic E-state index is 11.2. The van der Waals surface area contributed by atoms with Crippen LogP contribution in [-0.4, -0.2) is 39.2 Å². The number of hydrogen-bond donors (Lipinski definition) is 3. The summed E-state index contributed by atoms with van der Waals surface area (Å²) in [6, 6.07) is 0. The Morgan fingerprint density at radius 3 is 2.93 bits per heavy atom. The van der Waals surface area contributed by atoms with Crippen molar-refractivity contribution >= 4 is 23.3 Å². The number of aliphatic hydroxyl groups is 1. The lowest BCUT2D eigenvalue weighted by Crippen LogP contribution is -2.39. The Kier molecular flexibility index (Phi) is 3.48. The average molecular weight is 216 g/mol. The highest BCUT2D eigenvalue weighted by Crippen LogP contribution is 2.00. The van der Waals surface area contributed by atoms with E-state index in [2.05, 4.69) is 14.9 Å². The number of primary amides is 1. The molecule has 0 saturated carbocycles. The van der Waals surface area contributed by atoms with Gasteiger partial charge in [0.1, 0.15) is 11.0 Å². The number of nitrogens with two attached hydrogens (primary N) is 1. The van der Waals surface area contributed by atoms with E-state index in [1.165, 1.54) is 6.20 Å². The summed E-state index contributed by atoms with van der Waals surface area (Å²) in [6.45, 7) is -0.216. The second kappa shape index (κ2) is 4.63. The number of aromatic nitrogens is 2. The van der Waals surface area contributed by atoms with Gasteiger partial charge in [0.15, 0.2) is 0 Å². The van der Waals surface area contributed by atoms with Gasteiger partial charge in [0, 0.05) is 0 Å². The molecule has 0 saturated heterocycles.